The maximum Gasteiger partial charge on any atom is 0.277 e. The van der Waals surface area contributed by atoms with Crippen molar-refractivity contribution in [3.05, 3.63) is 104 Å². The van der Waals surface area contributed by atoms with Crippen molar-refractivity contribution in [2.75, 3.05) is 11.9 Å². The van der Waals surface area contributed by atoms with Gasteiger partial charge in [-0.25, -0.2) is 9.67 Å². The molecular weight excluding hydrogens is 448 g/mol. The van der Waals surface area contributed by atoms with Crippen LogP contribution in [0.2, 0.25) is 5.02 Å². The van der Waals surface area contributed by atoms with Crippen LogP contribution in [0.15, 0.2) is 77.7 Å². The third-order valence-corrected chi connectivity index (χ3v) is 5.79. The summed E-state index contributed by atoms with van der Waals surface area (Å²) in [5.41, 5.74) is 0.795. The number of nitrogens with zero attached hydrogens (tertiary/aromatic N) is 3. The van der Waals surface area contributed by atoms with Crippen LogP contribution in [0, 0.1) is 0 Å². The number of para-hydroxylation sites is 1. The van der Waals surface area contributed by atoms with Crippen LogP contribution in [0.3, 0.4) is 0 Å². The Balaban J connectivity index is 1.38. The minimum atomic E-state index is -0.443. The lowest BCUT2D eigenvalue weighted by molar-refractivity contribution is 0.101. The molecule has 4 rings (SSSR count). The highest BCUT2D eigenvalue weighted by atomic mass is 35.5. The third-order valence-electron chi connectivity index (χ3n) is 4.51. The van der Waals surface area contributed by atoms with Gasteiger partial charge in [0.15, 0.2) is 5.13 Å². The molecule has 2 aromatic carbocycles. The lowest BCUT2D eigenvalue weighted by Crippen LogP contribution is -2.28. The Morgan fingerprint density at radius 2 is 1.84 bits per heavy atom. The minimum absolute atomic E-state index is 0.118. The zero-order valence-electron chi connectivity index (χ0n) is 16.9. The summed E-state index contributed by atoms with van der Waals surface area (Å²) in [7, 11) is 0. The van der Waals surface area contributed by atoms with E-state index in [-0.39, 0.29) is 24.4 Å². The number of aromatic nitrogens is 3. The number of ether oxygens (including phenoxy) is 1. The highest BCUT2D eigenvalue weighted by Crippen LogP contribution is 2.24. The third kappa shape index (κ3) is 5.60. The quantitative estimate of drug-likeness (QED) is 0.419. The second kappa shape index (κ2) is 10.2. The number of carbonyl (C=O) groups excluding carboxylic acids is 1. The number of hydrogen-bond acceptors (Lipinski definition) is 6. The molecule has 9 heteroatoms. The molecule has 1 amide bonds. The summed E-state index contributed by atoms with van der Waals surface area (Å²) in [6, 6.07) is 19.6. The Morgan fingerprint density at radius 1 is 1.06 bits per heavy atom. The van der Waals surface area contributed by atoms with E-state index in [0.29, 0.717) is 22.3 Å². The van der Waals surface area contributed by atoms with Gasteiger partial charge in [-0.15, -0.1) is 11.3 Å². The lowest BCUT2D eigenvalue weighted by Gasteiger charge is -2.08. The molecular formula is C23H19ClN4O3S. The van der Waals surface area contributed by atoms with Crippen LogP contribution in [0.4, 0.5) is 5.13 Å². The number of benzene rings is 2. The van der Waals surface area contributed by atoms with Crippen molar-refractivity contribution >= 4 is 34.0 Å². The summed E-state index contributed by atoms with van der Waals surface area (Å²) in [6.07, 6.45) is 2.33. The molecule has 0 aliphatic carbocycles. The number of hydrogen-bond donors (Lipinski definition) is 1. The number of rotatable bonds is 8. The lowest BCUT2D eigenvalue weighted by atomic mass is 10.1. The van der Waals surface area contributed by atoms with Gasteiger partial charge in [-0.2, -0.15) is 5.10 Å². The predicted octanol–water partition coefficient (Wildman–Crippen LogP) is 4.28. The molecule has 0 saturated heterocycles. The van der Waals surface area contributed by atoms with Crippen molar-refractivity contribution in [3.8, 4) is 5.75 Å². The smallest absolute Gasteiger partial charge is 0.277 e. The Labute approximate surface area is 193 Å². The van der Waals surface area contributed by atoms with E-state index in [1.165, 1.54) is 28.2 Å². The molecule has 0 radical (unpaired) electrons. The van der Waals surface area contributed by atoms with Gasteiger partial charge in [-0.1, -0.05) is 48.0 Å². The first-order valence-electron chi connectivity index (χ1n) is 9.84. The van der Waals surface area contributed by atoms with Gasteiger partial charge in [-0.3, -0.25) is 14.9 Å². The van der Waals surface area contributed by atoms with E-state index in [4.69, 9.17) is 16.3 Å². The zero-order valence-corrected chi connectivity index (χ0v) is 18.5. The predicted molar refractivity (Wildman–Crippen MR) is 125 cm³/mol. The largest absolute Gasteiger partial charge is 0.492 e. The van der Waals surface area contributed by atoms with E-state index in [9.17, 15) is 9.59 Å². The van der Waals surface area contributed by atoms with Crippen molar-refractivity contribution in [2.24, 2.45) is 0 Å². The summed E-state index contributed by atoms with van der Waals surface area (Å²) in [5, 5.41) is 8.03. The Kier molecular flexibility index (Phi) is 6.94. The molecule has 1 N–H and O–H groups in total. The fourth-order valence-electron chi connectivity index (χ4n) is 2.93. The number of amides is 1. The van der Waals surface area contributed by atoms with Crippen LogP contribution < -0.4 is 15.6 Å². The first-order valence-corrected chi connectivity index (χ1v) is 11.0. The van der Waals surface area contributed by atoms with E-state index in [2.05, 4.69) is 15.4 Å². The Bertz CT molecular complexity index is 1270. The Morgan fingerprint density at radius 3 is 2.66 bits per heavy atom. The number of anilines is 1. The molecule has 4 aromatic rings. The van der Waals surface area contributed by atoms with Crippen LogP contribution in [0.1, 0.15) is 20.9 Å². The molecule has 0 saturated carbocycles. The van der Waals surface area contributed by atoms with Crippen molar-refractivity contribution in [1.82, 2.24) is 14.8 Å². The number of carbonyl (C=O) groups is 1. The molecule has 0 atom stereocenters. The van der Waals surface area contributed by atoms with Crippen molar-refractivity contribution < 1.29 is 9.53 Å². The van der Waals surface area contributed by atoms with Crippen LogP contribution in [0.5, 0.6) is 5.75 Å². The SMILES string of the molecule is O=C(Nc1ncc(Cc2ccccc2Cl)s1)c1ccc(=O)n(CCOc2ccccc2)n1. The minimum Gasteiger partial charge on any atom is -0.492 e. The average molecular weight is 467 g/mol. The fraction of sp³-hybridized carbons (Fsp3) is 0.130. The van der Waals surface area contributed by atoms with E-state index < -0.39 is 5.91 Å². The number of thiazole rings is 1. The van der Waals surface area contributed by atoms with Crippen molar-refractivity contribution in [1.29, 1.82) is 0 Å². The summed E-state index contributed by atoms with van der Waals surface area (Å²) < 4.78 is 6.81. The van der Waals surface area contributed by atoms with E-state index >= 15 is 0 Å². The van der Waals surface area contributed by atoms with Gasteiger partial charge in [0.05, 0.1) is 6.54 Å². The zero-order chi connectivity index (χ0) is 22.3. The van der Waals surface area contributed by atoms with Gasteiger partial charge in [0.2, 0.25) is 0 Å². The second-order valence-electron chi connectivity index (χ2n) is 6.80. The maximum atomic E-state index is 12.6. The van der Waals surface area contributed by atoms with Crippen LogP contribution >= 0.6 is 22.9 Å². The molecule has 2 aromatic heterocycles. The van der Waals surface area contributed by atoms with Gasteiger partial charge in [0, 0.05) is 28.6 Å². The molecule has 0 unspecified atom stereocenters. The average Bonchev–Trinajstić information content (AvgIpc) is 3.24. The molecule has 2 heterocycles. The van der Waals surface area contributed by atoms with Gasteiger partial charge in [-0.05, 0) is 29.8 Å². The molecule has 0 spiro atoms. The summed E-state index contributed by atoms with van der Waals surface area (Å²) in [5.74, 6) is 0.257. The van der Waals surface area contributed by atoms with Crippen molar-refractivity contribution in [2.45, 2.75) is 13.0 Å². The topological polar surface area (TPSA) is 86.1 Å². The highest BCUT2D eigenvalue weighted by molar-refractivity contribution is 7.15. The monoisotopic (exact) mass is 466 g/mol. The molecule has 162 valence electrons. The first-order chi connectivity index (χ1) is 15.6. The number of halogens is 1. The Hall–Kier alpha value is -3.49. The first kappa shape index (κ1) is 21.7. The van der Waals surface area contributed by atoms with Crippen molar-refractivity contribution in [3.63, 3.8) is 0 Å². The highest BCUT2D eigenvalue weighted by Gasteiger charge is 2.13. The van der Waals surface area contributed by atoms with Gasteiger partial charge >= 0.3 is 0 Å². The second-order valence-corrected chi connectivity index (χ2v) is 8.32. The number of nitrogens with one attached hydrogen (secondary N) is 1. The standard InChI is InChI=1S/C23H19ClN4O3S/c24-19-9-5-4-6-16(19)14-18-15-25-23(32-18)26-22(30)20-10-11-21(29)28(27-20)12-13-31-17-7-2-1-3-8-17/h1-11,15H,12-14H2,(H,25,26,30). The van der Waals surface area contributed by atoms with Crippen LogP contribution in [0.25, 0.3) is 0 Å². The van der Waals surface area contributed by atoms with E-state index in [1.807, 2.05) is 54.6 Å². The molecule has 7 nitrogen and oxygen atoms in total. The van der Waals surface area contributed by atoms with Crippen LogP contribution in [-0.2, 0) is 13.0 Å². The summed E-state index contributed by atoms with van der Waals surface area (Å²) in [6.45, 7) is 0.466. The molecule has 0 aliphatic rings. The normalized spacial score (nSPS) is 10.7. The molecule has 0 aliphatic heterocycles. The molecule has 0 fully saturated rings. The van der Waals surface area contributed by atoms with E-state index in [0.717, 1.165) is 10.4 Å². The van der Waals surface area contributed by atoms with Gasteiger partial charge in [0.25, 0.3) is 11.5 Å². The summed E-state index contributed by atoms with van der Waals surface area (Å²) >= 11 is 7.57. The van der Waals surface area contributed by atoms with Crippen LogP contribution in [-0.4, -0.2) is 27.3 Å². The molecule has 0 bridgehead atoms. The molecule has 32 heavy (non-hydrogen) atoms. The van der Waals surface area contributed by atoms with E-state index in [1.54, 1.807) is 6.20 Å². The maximum absolute atomic E-state index is 12.6. The van der Waals surface area contributed by atoms with Gasteiger partial charge < -0.3 is 4.74 Å². The summed E-state index contributed by atoms with van der Waals surface area (Å²) in [4.78, 5) is 29.9. The van der Waals surface area contributed by atoms with Gasteiger partial charge in [0.1, 0.15) is 18.1 Å². The fourth-order valence-corrected chi connectivity index (χ4v) is 3.97.